The lowest BCUT2D eigenvalue weighted by Gasteiger charge is -2.28. The first-order valence-corrected chi connectivity index (χ1v) is 7.70. The number of nitrogens with one attached hydrogen (secondary N) is 1. The molecule has 2 fully saturated rings. The fourth-order valence-corrected chi connectivity index (χ4v) is 3.61. The Morgan fingerprint density at radius 3 is 2.70 bits per heavy atom. The maximum absolute atomic E-state index is 12.4. The minimum absolute atomic E-state index is 0.0129. The van der Waals surface area contributed by atoms with Crippen molar-refractivity contribution in [3.63, 3.8) is 0 Å². The van der Waals surface area contributed by atoms with Gasteiger partial charge in [-0.3, -0.25) is 4.79 Å². The highest BCUT2D eigenvalue weighted by atomic mass is 35.5. The molecule has 2 N–H and O–H groups in total. The van der Waals surface area contributed by atoms with E-state index in [0.29, 0.717) is 0 Å². The minimum atomic E-state index is -0.370. The molecule has 0 aromatic heterocycles. The molecule has 0 bridgehead atoms. The maximum atomic E-state index is 12.4. The van der Waals surface area contributed by atoms with Crippen LogP contribution in [0.5, 0.6) is 0 Å². The molecule has 4 heteroatoms. The largest absolute Gasteiger partial charge is 0.394 e. The first kappa shape index (κ1) is 13.9. The number of halogens is 1. The number of hydrogen-bond donors (Lipinski definition) is 2. The summed E-state index contributed by atoms with van der Waals surface area (Å²) >= 11 is 6.18. The monoisotopic (exact) mass is 293 g/mol. The van der Waals surface area contributed by atoms with Crippen LogP contribution < -0.4 is 5.32 Å². The number of hydrogen-bond acceptors (Lipinski definition) is 2. The number of carbonyl (C=O) groups is 1. The summed E-state index contributed by atoms with van der Waals surface area (Å²) in [6, 6.07) is 7.73. The van der Waals surface area contributed by atoms with Gasteiger partial charge in [-0.25, -0.2) is 0 Å². The molecule has 2 unspecified atom stereocenters. The predicted octanol–water partition coefficient (Wildman–Crippen LogP) is 2.86. The molecule has 108 valence electrons. The van der Waals surface area contributed by atoms with Crippen molar-refractivity contribution in [2.45, 2.75) is 43.6 Å². The Bertz CT molecular complexity index is 511. The molecular weight excluding hydrogens is 274 g/mol. The Kier molecular flexibility index (Phi) is 3.74. The Morgan fingerprint density at radius 2 is 2.05 bits per heavy atom. The molecule has 20 heavy (non-hydrogen) atoms. The summed E-state index contributed by atoms with van der Waals surface area (Å²) in [6.07, 6.45) is 4.80. The van der Waals surface area contributed by atoms with Gasteiger partial charge in [0.1, 0.15) is 0 Å². The summed E-state index contributed by atoms with van der Waals surface area (Å²) in [7, 11) is 0. The third-order valence-electron chi connectivity index (χ3n) is 4.68. The van der Waals surface area contributed by atoms with E-state index in [1.54, 1.807) is 0 Å². The Morgan fingerprint density at radius 1 is 1.35 bits per heavy atom. The van der Waals surface area contributed by atoms with Crippen LogP contribution in [-0.2, 0) is 4.79 Å². The van der Waals surface area contributed by atoms with E-state index < -0.39 is 0 Å². The van der Waals surface area contributed by atoms with Gasteiger partial charge < -0.3 is 10.4 Å². The first-order valence-electron chi connectivity index (χ1n) is 7.32. The van der Waals surface area contributed by atoms with Crippen LogP contribution in [0.3, 0.4) is 0 Å². The zero-order valence-electron chi connectivity index (χ0n) is 11.4. The molecule has 1 amide bonds. The van der Waals surface area contributed by atoms with Gasteiger partial charge in [-0.15, -0.1) is 0 Å². The molecular formula is C16H20ClNO2. The van der Waals surface area contributed by atoms with Crippen molar-refractivity contribution in [2.24, 2.45) is 5.92 Å². The molecule has 0 spiro atoms. The van der Waals surface area contributed by atoms with Gasteiger partial charge in [0, 0.05) is 10.9 Å². The maximum Gasteiger partial charge on any atom is 0.224 e. The van der Waals surface area contributed by atoms with E-state index in [-0.39, 0.29) is 29.9 Å². The lowest BCUT2D eigenvalue weighted by Crippen LogP contribution is -2.49. The van der Waals surface area contributed by atoms with E-state index in [9.17, 15) is 9.90 Å². The molecule has 2 atom stereocenters. The fourth-order valence-electron chi connectivity index (χ4n) is 3.33. The van der Waals surface area contributed by atoms with Gasteiger partial charge in [0.25, 0.3) is 0 Å². The molecule has 1 aromatic carbocycles. The number of amides is 1. The van der Waals surface area contributed by atoms with Crippen LogP contribution in [0.4, 0.5) is 0 Å². The van der Waals surface area contributed by atoms with Crippen molar-refractivity contribution < 1.29 is 9.90 Å². The van der Waals surface area contributed by atoms with Crippen molar-refractivity contribution in [1.29, 1.82) is 0 Å². The quantitative estimate of drug-likeness (QED) is 0.897. The molecule has 2 aliphatic carbocycles. The molecule has 1 aromatic rings. The molecule has 2 aliphatic rings. The van der Waals surface area contributed by atoms with E-state index in [0.717, 1.165) is 42.7 Å². The topological polar surface area (TPSA) is 49.3 Å². The standard InChI is InChI=1S/C16H20ClNO2/c17-14-6-2-1-5-11(14)12-9-13(12)15(20)18-16(10-19)7-3-4-8-16/h1-2,5-6,12-13,19H,3-4,7-10H2,(H,18,20). The van der Waals surface area contributed by atoms with Crippen LogP contribution in [-0.4, -0.2) is 23.2 Å². The number of aliphatic hydroxyl groups is 1. The molecule has 3 nitrogen and oxygen atoms in total. The van der Waals surface area contributed by atoms with Crippen molar-refractivity contribution >= 4 is 17.5 Å². The Balaban J connectivity index is 1.64. The van der Waals surface area contributed by atoms with E-state index in [1.165, 1.54) is 0 Å². The summed E-state index contributed by atoms with van der Waals surface area (Å²) in [5, 5.41) is 13.4. The highest BCUT2D eigenvalue weighted by Gasteiger charge is 2.47. The van der Waals surface area contributed by atoms with Crippen LogP contribution in [0.2, 0.25) is 5.02 Å². The minimum Gasteiger partial charge on any atom is -0.394 e. The van der Waals surface area contributed by atoms with Crippen molar-refractivity contribution in [1.82, 2.24) is 5.32 Å². The van der Waals surface area contributed by atoms with Gasteiger partial charge in [0.05, 0.1) is 12.1 Å². The Hall–Kier alpha value is -1.06. The number of rotatable bonds is 4. The molecule has 0 radical (unpaired) electrons. The lowest BCUT2D eigenvalue weighted by molar-refractivity contribution is -0.124. The van der Waals surface area contributed by atoms with Gasteiger partial charge in [0.15, 0.2) is 0 Å². The number of aliphatic hydroxyl groups excluding tert-OH is 1. The smallest absolute Gasteiger partial charge is 0.224 e. The van der Waals surface area contributed by atoms with Gasteiger partial charge in [-0.2, -0.15) is 0 Å². The second-order valence-corrected chi connectivity index (χ2v) is 6.51. The summed E-state index contributed by atoms with van der Waals surface area (Å²) in [5.41, 5.74) is 0.698. The average Bonchev–Trinajstić information content (AvgIpc) is 3.12. The van der Waals surface area contributed by atoms with Gasteiger partial charge in [0.2, 0.25) is 5.91 Å². The SMILES string of the molecule is O=C(NC1(CO)CCCC1)C1CC1c1ccccc1Cl. The highest BCUT2D eigenvalue weighted by Crippen LogP contribution is 2.50. The zero-order chi connectivity index (χ0) is 14.2. The van der Waals surface area contributed by atoms with Crippen molar-refractivity contribution in [3.8, 4) is 0 Å². The predicted molar refractivity (Wildman–Crippen MR) is 78.7 cm³/mol. The molecule has 3 rings (SSSR count). The van der Waals surface area contributed by atoms with Crippen molar-refractivity contribution in [2.75, 3.05) is 6.61 Å². The number of carbonyl (C=O) groups excluding carboxylic acids is 1. The van der Waals surface area contributed by atoms with E-state index >= 15 is 0 Å². The van der Waals surface area contributed by atoms with Gasteiger partial charge in [-0.1, -0.05) is 42.6 Å². The van der Waals surface area contributed by atoms with E-state index in [1.807, 2.05) is 24.3 Å². The van der Waals surface area contributed by atoms with Crippen LogP contribution in [0.15, 0.2) is 24.3 Å². The highest BCUT2D eigenvalue weighted by molar-refractivity contribution is 6.31. The third-order valence-corrected chi connectivity index (χ3v) is 5.03. The zero-order valence-corrected chi connectivity index (χ0v) is 12.2. The summed E-state index contributed by atoms with van der Waals surface area (Å²) in [5.74, 6) is 0.325. The molecule has 0 aliphatic heterocycles. The summed E-state index contributed by atoms with van der Waals surface area (Å²) in [6.45, 7) is 0.0439. The number of benzene rings is 1. The van der Waals surface area contributed by atoms with Gasteiger partial charge >= 0.3 is 0 Å². The fraction of sp³-hybridized carbons (Fsp3) is 0.562. The third kappa shape index (κ3) is 2.57. The molecule has 0 heterocycles. The summed E-state index contributed by atoms with van der Waals surface area (Å²) in [4.78, 5) is 12.4. The second kappa shape index (κ2) is 5.38. The molecule has 2 saturated carbocycles. The van der Waals surface area contributed by atoms with Crippen LogP contribution in [0.25, 0.3) is 0 Å². The second-order valence-electron chi connectivity index (χ2n) is 6.11. The summed E-state index contributed by atoms with van der Waals surface area (Å²) < 4.78 is 0. The Labute approximate surface area is 124 Å². The first-order chi connectivity index (χ1) is 9.65. The van der Waals surface area contributed by atoms with Crippen LogP contribution in [0, 0.1) is 5.92 Å². The average molecular weight is 294 g/mol. The van der Waals surface area contributed by atoms with E-state index in [2.05, 4.69) is 5.32 Å². The molecule has 0 saturated heterocycles. The van der Waals surface area contributed by atoms with Gasteiger partial charge in [-0.05, 0) is 36.8 Å². The van der Waals surface area contributed by atoms with E-state index in [4.69, 9.17) is 11.6 Å². The lowest BCUT2D eigenvalue weighted by atomic mass is 9.98. The normalized spacial score (nSPS) is 27.3. The van der Waals surface area contributed by atoms with Crippen molar-refractivity contribution in [3.05, 3.63) is 34.9 Å². The van der Waals surface area contributed by atoms with Crippen LogP contribution >= 0.6 is 11.6 Å². The van der Waals surface area contributed by atoms with Crippen LogP contribution in [0.1, 0.15) is 43.6 Å².